The van der Waals surface area contributed by atoms with Gasteiger partial charge in [0.2, 0.25) is 0 Å². The fourth-order valence-electron chi connectivity index (χ4n) is 4.12. The summed E-state index contributed by atoms with van der Waals surface area (Å²) in [5.74, 6) is 0.0419. The smallest absolute Gasteiger partial charge is 0.256 e. The third kappa shape index (κ3) is 3.67. The molecule has 1 aliphatic heterocycles. The van der Waals surface area contributed by atoms with Crippen molar-refractivity contribution in [3.8, 4) is 0 Å². The van der Waals surface area contributed by atoms with E-state index in [4.69, 9.17) is 4.74 Å². The second-order valence-electron chi connectivity index (χ2n) is 7.44. The summed E-state index contributed by atoms with van der Waals surface area (Å²) >= 11 is 0. The van der Waals surface area contributed by atoms with Crippen molar-refractivity contribution in [3.63, 3.8) is 0 Å². The molecule has 2 aromatic heterocycles. The van der Waals surface area contributed by atoms with E-state index in [2.05, 4.69) is 9.97 Å². The number of piperidine rings is 1. The number of carbonyl (C=O) groups is 2. The first-order chi connectivity index (χ1) is 13.1. The summed E-state index contributed by atoms with van der Waals surface area (Å²) < 4.78 is 6.02. The highest BCUT2D eigenvalue weighted by Crippen LogP contribution is 2.29. The summed E-state index contributed by atoms with van der Waals surface area (Å²) in [4.78, 5) is 34.8. The lowest BCUT2D eigenvalue weighted by atomic mass is 9.92. The van der Waals surface area contributed by atoms with Crippen LogP contribution in [0.1, 0.15) is 63.4 Å². The SMILES string of the molecule is Cc1[nH]c2c(c1C(=O)N1CCCC(OCc3cccnc3)C1)C(=O)CCC2. The Morgan fingerprint density at radius 2 is 2.26 bits per heavy atom. The minimum atomic E-state index is -0.0464. The van der Waals surface area contributed by atoms with Crippen LogP contribution < -0.4 is 0 Å². The van der Waals surface area contributed by atoms with Gasteiger partial charge in [-0.2, -0.15) is 0 Å². The number of amides is 1. The number of rotatable bonds is 4. The Kier molecular flexibility index (Phi) is 5.07. The fraction of sp³-hybridized carbons (Fsp3) is 0.476. The standard InChI is InChI=1S/C21H25N3O3/c1-14-19(20-17(23-14)7-2-8-18(20)25)21(26)24-10-4-6-16(12-24)27-13-15-5-3-9-22-11-15/h3,5,9,11,16,23H,2,4,6-8,10,12-13H2,1H3. The minimum absolute atomic E-state index is 0.00804. The maximum atomic E-state index is 13.2. The van der Waals surface area contributed by atoms with E-state index in [1.165, 1.54) is 0 Å². The third-order valence-electron chi connectivity index (χ3n) is 5.46. The minimum Gasteiger partial charge on any atom is -0.372 e. The number of aryl methyl sites for hydroxylation is 2. The van der Waals surface area contributed by atoms with Crippen LogP contribution >= 0.6 is 0 Å². The van der Waals surface area contributed by atoms with Gasteiger partial charge in [-0.25, -0.2) is 0 Å². The lowest BCUT2D eigenvalue weighted by Crippen LogP contribution is -2.43. The molecular weight excluding hydrogens is 342 g/mol. The summed E-state index contributed by atoms with van der Waals surface area (Å²) in [6.07, 6.45) is 7.61. The van der Waals surface area contributed by atoms with E-state index in [-0.39, 0.29) is 17.8 Å². The molecule has 6 heteroatoms. The lowest BCUT2D eigenvalue weighted by Gasteiger charge is -2.33. The molecule has 6 nitrogen and oxygen atoms in total. The van der Waals surface area contributed by atoms with Gasteiger partial charge in [0.15, 0.2) is 5.78 Å². The predicted molar refractivity (Wildman–Crippen MR) is 101 cm³/mol. The largest absolute Gasteiger partial charge is 0.372 e. The molecule has 0 radical (unpaired) electrons. The topological polar surface area (TPSA) is 75.3 Å². The highest BCUT2D eigenvalue weighted by atomic mass is 16.5. The van der Waals surface area contributed by atoms with E-state index in [0.29, 0.717) is 37.2 Å². The highest BCUT2D eigenvalue weighted by Gasteiger charge is 2.32. The monoisotopic (exact) mass is 367 g/mol. The summed E-state index contributed by atoms with van der Waals surface area (Å²) in [5.41, 5.74) is 3.96. The maximum absolute atomic E-state index is 13.2. The van der Waals surface area contributed by atoms with Crippen molar-refractivity contribution in [1.82, 2.24) is 14.9 Å². The molecule has 142 valence electrons. The second-order valence-corrected chi connectivity index (χ2v) is 7.44. The van der Waals surface area contributed by atoms with Gasteiger partial charge in [0.1, 0.15) is 0 Å². The number of nitrogens with zero attached hydrogens (tertiary/aromatic N) is 2. The van der Waals surface area contributed by atoms with Gasteiger partial charge >= 0.3 is 0 Å². The number of aromatic amines is 1. The van der Waals surface area contributed by atoms with E-state index >= 15 is 0 Å². The Labute approximate surface area is 158 Å². The summed E-state index contributed by atoms with van der Waals surface area (Å²) in [5, 5.41) is 0. The first-order valence-corrected chi connectivity index (χ1v) is 9.68. The Morgan fingerprint density at radius 1 is 1.37 bits per heavy atom. The Morgan fingerprint density at radius 3 is 3.07 bits per heavy atom. The van der Waals surface area contributed by atoms with Crippen LogP contribution in [0, 0.1) is 6.92 Å². The molecule has 0 aromatic carbocycles. The molecule has 3 heterocycles. The number of hydrogen-bond donors (Lipinski definition) is 1. The molecule has 1 fully saturated rings. The number of fused-ring (bicyclic) bond motifs is 1. The number of ether oxygens (including phenoxy) is 1. The number of carbonyl (C=O) groups excluding carboxylic acids is 2. The van der Waals surface area contributed by atoms with E-state index in [1.54, 1.807) is 12.4 Å². The van der Waals surface area contributed by atoms with E-state index < -0.39 is 0 Å². The lowest BCUT2D eigenvalue weighted by molar-refractivity contribution is -0.00685. The number of Topliss-reactive ketones (excluding diaryl/α,β-unsaturated/α-hetero) is 1. The zero-order valence-corrected chi connectivity index (χ0v) is 15.7. The number of aromatic nitrogens is 2. The number of hydrogen-bond acceptors (Lipinski definition) is 4. The third-order valence-corrected chi connectivity index (χ3v) is 5.46. The molecule has 0 saturated carbocycles. The predicted octanol–water partition coefficient (Wildman–Crippen LogP) is 3.06. The Bertz CT molecular complexity index is 844. The van der Waals surface area contributed by atoms with Gasteiger partial charge in [0.05, 0.1) is 23.8 Å². The molecule has 1 amide bonds. The maximum Gasteiger partial charge on any atom is 0.256 e. The van der Waals surface area contributed by atoms with Gasteiger partial charge in [0.25, 0.3) is 5.91 Å². The number of likely N-dealkylation sites (tertiary alicyclic amines) is 1. The summed E-state index contributed by atoms with van der Waals surface area (Å²) in [6, 6.07) is 3.88. The van der Waals surface area contributed by atoms with Crippen molar-refractivity contribution in [2.45, 2.75) is 51.7 Å². The van der Waals surface area contributed by atoms with Crippen LogP contribution in [-0.4, -0.2) is 45.8 Å². The molecule has 1 saturated heterocycles. The Balaban J connectivity index is 1.46. The molecule has 0 spiro atoms. The number of nitrogens with one attached hydrogen (secondary N) is 1. The van der Waals surface area contributed by atoms with E-state index in [1.807, 2.05) is 24.0 Å². The van der Waals surface area contributed by atoms with Gasteiger partial charge < -0.3 is 14.6 Å². The molecule has 1 N–H and O–H groups in total. The first kappa shape index (κ1) is 17.9. The average molecular weight is 367 g/mol. The van der Waals surface area contributed by atoms with Crippen molar-refractivity contribution < 1.29 is 14.3 Å². The number of H-pyrrole nitrogens is 1. The van der Waals surface area contributed by atoms with Crippen LogP contribution in [0.25, 0.3) is 0 Å². The van der Waals surface area contributed by atoms with Gasteiger partial charge in [-0.3, -0.25) is 14.6 Å². The molecule has 1 unspecified atom stereocenters. The van der Waals surface area contributed by atoms with E-state index in [9.17, 15) is 9.59 Å². The first-order valence-electron chi connectivity index (χ1n) is 9.68. The van der Waals surface area contributed by atoms with Gasteiger partial charge in [0, 0.05) is 43.3 Å². The van der Waals surface area contributed by atoms with Gasteiger partial charge in [-0.05, 0) is 44.2 Å². The fourth-order valence-corrected chi connectivity index (χ4v) is 4.12. The van der Waals surface area contributed by atoms with Crippen molar-refractivity contribution in [3.05, 3.63) is 52.6 Å². The second kappa shape index (κ2) is 7.64. The van der Waals surface area contributed by atoms with Crippen molar-refractivity contribution in [2.24, 2.45) is 0 Å². The summed E-state index contributed by atoms with van der Waals surface area (Å²) in [7, 11) is 0. The van der Waals surface area contributed by atoms with Crippen LogP contribution in [0.2, 0.25) is 0 Å². The van der Waals surface area contributed by atoms with E-state index in [0.717, 1.165) is 42.6 Å². The van der Waals surface area contributed by atoms with Crippen molar-refractivity contribution in [2.75, 3.05) is 13.1 Å². The molecule has 4 rings (SSSR count). The number of ketones is 1. The highest BCUT2D eigenvalue weighted by molar-refractivity contribution is 6.10. The molecule has 1 aliphatic carbocycles. The van der Waals surface area contributed by atoms with Gasteiger partial charge in [-0.15, -0.1) is 0 Å². The molecule has 0 bridgehead atoms. The van der Waals surface area contributed by atoms with Gasteiger partial charge in [-0.1, -0.05) is 6.07 Å². The quantitative estimate of drug-likeness (QED) is 0.901. The molecule has 2 aliphatic rings. The molecule has 2 aromatic rings. The van der Waals surface area contributed by atoms with Crippen LogP contribution in [0.15, 0.2) is 24.5 Å². The molecular formula is C21H25N3O3. The van der Waals surface area contributed by atoms with Crippen LogP contribution in [-0.2, 0) is 17.8 Å². The zero-order chi connectivity index (χ0) is 18.8. The zero-order valence-electron chi connectivity index (χ0n) is 15.7. The average Bonchev–Trinajstić information content (AvgIpc) is 3.04. The molecule has 27 heavy (non-hydrogen) atoms. The molecule has 1 atom stereocenters. The van der Waals surface area contributed by atoms with Crippen molar-refractivity contribution in [1.29, 1.82) is 0 Å². The summed E-state index contributed by atoms with van der Waals surface area (Å²) in [6.45, 7) is 3.66. The Hall–Kier alpha value is -2.47. The van der Waals surface area contributed by atoms with Crippen LogP contribution in [0.4, 0.5) is 0 Å². The number of pyridine rings is 1. The van der Waals surface area contributed by atoms with Crippen molar-refractivity contribution >= 4 is 11.7 Å². The van der Waals surface area contributed by atoms with Crippen LogP contribution in [0.5, 0.6) is 0 Å². The van der Waals surface area contributed by atoms with Crippen LogP contribution in [0.3, 0.4) is 0 Å². The normalized spacial score (nSPS) is 19.8.